The Hall–Kier alpha value is -2.95. The number of aromatic nitrogens is 2. The summed E-state index contributed by atoms with van der Waals surface area (Å²) in [7, 11) is 1.66. The van der Waals surface area contributed by atoms with E-state index in [1.54, 1.807) is 13.3 Å². The van der Waals surface area contributed by atoms with E-state index in [1.807, 2.05) is 28.8 Å². The minimum atomic E-state index is 0.0358. The number of aromatic hydroxyl groups is 1. The maximum absolute atomic E-state index is 9.91. The maximum Gasteiger partial charge on any atom is 0.231 e. The topological polar surface area (TPSA) is 50.5 Å². The van der Waals surface area contributed by atoms with E-state index < -0.39 is 0 Å². The van der Waals surface area contributed by atoms with Crippen LogP contribution in [0.25, 0.3) is 5.69 Å². The minimum Gasteiger partial charge on any atom is -0.497 e. The van der Waals surface area contributed by atoms with Crippen LogP contribution in [-0.2, 0) is 6.54 Å². The zero-order chi connectivity index (χ0) is 16.7. The van der Waals surface area contributed by atoms with Crippen LogP contribution in [0.15, 0.2) is 54.7 Å². The Morgan fingerprint density at radius 2 is 1.88 bits per heavy atom. The fourth-order valence-electron chi connectivity index (χ4n) is 3.27. The van der Waals surface area contributed by atoms with Gasteiger partial charge in [0.1, 0.15) is 5.75 Å². The highest BCUT2D eigenvalue weighted by atomic mass is 16.5. The van der Waals surface area contributed by atoms with Crippen molar-refractivity contribution >= 4 is 5.95 Å². The molecule has 0 bridgehead atoms. The lowest BCUT2D eigenvalue weighted by Gasteiger charge is -2.36. The molecule has 0 amide bonds. The molecule has 1 atom stereocenters. The minimum absolute atomic E-state index is 0.0358. The summed E-state index contributed by atoms with van der Waals surface area (Å²) >= 11 is 0. The van der Waals surface area contributed by atoms with Gasteiger partial charge in [0.15, 0.2) is 0 Å². The summed E-state index contributed by atoms with van der Waals surface area (Å²) in [4.78, 5) is 6.53. The van der Waals surface area contributed by atoms with Crippen molar-refractivity contribution in [3.8, 4) is 17.3 Å². The number of hydrogen-bond acceptors (Lipinski definition) is 4. The molecule has 4 rings (SSSR count). The number of benzene rings is 2. The molecule has 1 N–H and O–H groups in total. The van der Waals surface area contributed by atoms with Crippen LogP contribution in [0.1, 0.15) is 24.1 Å². The Morgan fingerprint density at radius 1 is 1.12 bits per heavy atom. The van der Waals surface area contributed by atoms with Gasteiger partial charge in [-0.25, -0.2) is 0 Å². The zero-order valence-corrected chi connectivity index (χ0v) is 13.7. The van der Waals surface area contributed by atoms with Gasteiger partial charge >= 0.3 is 0 Å². The van der Waals surface area contributed by atoms with Crippen LogP contribution in [0.5, 0.6) is 11.6 Å². The van der Waals surface area contributed by atoms with E-state index in [9.17, 15) is 5.11 Å². The summed E-state index contributed by atoms with van der Waals surface area (Å²) in [6, 6.07) is 16.4. The second kappa shape index (κ2) is 5.60. The first-order valence-electron chi connectivity index (χ1n) is 7.94. The molecule has 0 spiro atoms. The van der Waals surface area contributed by atoms with E-state index in [4.69, 9.17) is 4.74 Å². The van der Waals surface area contributed by atoms with Gasteiger partial charge in [-0.15, -0.1) is 0 Å². The second-order valence-electron chi connectivity index (χ2n) is 5.98. The average Bonchev–Trinajstić information content (AvgIpc) is 3.01. The monoisotopic (exact) mass is 321 g/mol. The second-order valence-corrected chi connectivity index (χ2v) is 5.98. The highest BCUT2D eigenvalue weighted by Gasteiger charge is 2.30. The van der Waals surface area contributed by atoms with Gasteiger partial charge < -0.3 is 14.7 Å². The van der Waals surface area contributed by atoms with Crippen LogP contribution in [0.4, 0.5) is 5.95 Å². The number of fused-ring (bicyclic) bond motifs is 3. The largest absolute Gasteiger partial charge is 0.497 e. The fourth-order valence-corrected chi connectivity index (χ4v) is 3.27. The molecule has 24 heavy (non-hydrogen) atoms. The Bertz CT molecular complexity index is 871. The molecule has 0 saturated carbocycles. The molecular formula is C19H19N3O2. The van der Waals surface area contributed by atoms with Crippen molar-refractivity contribution in [1.29, 1.82) is 0 Å². The smallest absolute Gasteiger partial charge is 0.231 e. The summed E-state index contributed by atoms with van der Waals surface area (Å²) in [5.41, 5.74) is 3.45. The van der Waals surface area contributed by atoms with E-state index in [-0.39, 0.29) is 11.9 Å². The lowest BCUT2D eigenvalue weighted by atomic mass is 10.0. The molecule has 3 aromatic rings. The summed E-state index contributed by atoms with van der Waals surface area (Å²) in [5.74, 6) is 1.64. The summed E-state index contributed by atoms with van der Waals surface area (Å²) in [6.45, 7) is 2.87. The molecule has 1 aliphatic rings. The molecule has 5 heteroatoms. The maximum atomic E-state index is 9.91. The molecule has 1 aliphatic heterocycles. The van der Waals surface area contributed by atoms with Gasteiger partial charge in [0, 0.05) is 6.54 Å². The number of anilines is 1. The van der Waals surface area contributed by atoms with E-state index in [2.05, 4.69) is 41.1 Å². The number of methoxy groups -OCH3 is 1. The van der Waals surface area contributed by atoms with E-state index in [1.165, 1.54) is 5.56 Å². The lowest BCUT2D eigenvalue weighted by Crippen LogP contribution is -2.33. The van der Waals surface area contributed by atoms with Crippen molar-refractivity contribution in [3.05, 3.63) is 65.9 Å². The molecule has 1 aromatic heterocycles. The molecule has 2 heterocycles. The Kier molecular flexibility index (Phi) is 3.41. The lowest BCUT2D eigenvalue weighted by molar-refractivity contribution is 0.414. The van der Waals surface area contributed by atoms with Crippen LogP contribution in [-0.4, -0.2) is 21.8 Å². The predicted octanol–water partition coefficient (Wildman–Crippen LogP) is 3.67. The van der Waals surface area contributed by atoms with E-state index in [0.29, 0.717) is 6.54 Å². The SMILES string of the molecule is COc1ccc(CN2c3nc(O)cn3-c3ccccc3C2C)cc1. The van der Waals surface area contributed by atoms with Crippen molar-refractivity contribution in [2.75, 3.05) is 12.0 Å². The molecule has 2 aromatic carbocycles. The molecule has 1 unspecified atom stereocenters. The van der Waals surface area contributed by atoms with Crippen LogP contribution < -0.4 is 9.64 Å². The quantitative estimate of drug-likeness (QED) is 0.800. The van der Waals surface area contributed by atoms with Crippen molar-refractivity contribution in [2.45, 2.75) is 19.5 Å². The van der Waals surface area contributed by atoms with Gasteiger partial charge in [-0.2, -0.15) is 4.98 Å². The first-order chi connectivity index (χ1) is 11.7. The summed E-state index contributed by atoms with van der Waals surface area (Å²) < 4.78 is 7.18. The first kappa shape index (κ1) is 14.6. The highest BCUT2D eigenvalue weighted by molar-refractivity contribution is 5.58. The van der Waals surface area contributed by atoms with E-state index >= 15 is 0 Å². The number of ether oxygens (including phenoxy) is 1. The number of rotatable bonds is 3. The van der Waals surface area contributed by atoms with Crippen LogP contribution in [0.3, 0.4) is 0 Å². The highest BCUT2D eigenvalue weighted by Crippen LogP contribution is 2.39. The standard InChI is InChI=1S/C19H19N3O2/c1-13-16-5-3-4-6-17(16)22-12-18(23)20-19(22)21(13)11-14-7-9-15(24-2)10-8-14/h3-10,12-13,23H,11H2,1-2H3. The van der Waals surface area contributed by atoms with Crippen molar-refractivity contribution in [3.63, 3.8) is 0 Å². The molecular weight excluding hydrogens is 302 g/mol. The molecule has 0 aliphatic carbocycles. The third kappa shape index (κ3) is 2.29. The van der Waals surface area contributed by atoms with Gasteiger partial charge in [-0.1, -0.05) is 30.3 Å². The van der Waals surface area contributed by atoms with Gasteiger partial charge in [-0.3, -0.25) is 4.57 Å². The zero-order valence-electron chi connectivity index (χ0n) is 13.7. The van der Waals surface area contributed by atoms with Crippen molar-refractivity contribution in [2.24, 2.45) is 0 Å². The molecule has 0 fully saturated rings. The number of para-hydroxylation sites is 1. The molecule has 5 nitrogen and oxygen atoms in total. The Labute approximate surface area is 140 Å². The summed E-state index contributed by atoms with van der Waals surface area (Å²) in [5, 5.41) is 9.91. The van der Waals surface area contributed by atoms with Crippen molar-refractivity contribution in [1.82, 2.24) is 9.55 Å². The van der Waals surface area contributed by atoms with Crippen LogP contribution in [0.2, 0.25) is 0 Å². The predicted molar refractivity (Wildman–Crippen MR) is 92.8 cm³/mol. The first-order valence-corrected chi connectivity index (χ1v) is 7.94. The van der Waals surface area contributed by atoms with Crippen LogP contribution in [0, 0.1) is 0 Å². The molecule has 0 radical (unpaired) electrons. The number of hydrogen-bond donors (Lipinski definition) is 1. The summed E-state index contributed by atoms with van der Waals surface area (Å²) in [6.07, 6.45) is 1.67. The third-order valence-corrected chi connectivity index (χ3v) is 4.56. The number of nitrogens with zero attached hydrogens (tertiary/aromatic N) is 3. The Morgan fingerprint density at radius 3 is 2.62 bits per heavy atom. The normalized spacial score (nSPS) is 15.8. The third-order valence-electron chi connectivity index (χ3n) is 4.56. The Balaban J connectivity index is 1.75. The van der Waals surface area contributed by atoms with Crippen LogP contribution >= 0.6 is 0 Å². The fraction of sp³-hybridized carbons (Fsp3) is 0.211. The van der Waals surface area contributed by atoms with Gasteiger partial charge in [0.25, 0.3) is 0 Å². The van der Waals surface area contributed by atoms with Gasteiger partial charge in [-0.05, 0) is 36.2 Å². The van der Waals surface area contributed by atoms with E-state index in [0.717, 1.165) is 22.9 Å². The average molecular weight is 321 g/mol. The van der Waals surface area contributed by atoms with Crippen molar-refractivity contribution < 1.29 is 9.84 Å². The molecule has 122 valence electrons. The van der Waals surface area contributed by atoms with Gasteiger partial charge in [0.05, 0.1) is 25.0 Å². The van der Waals surface area contributed by atoms with Gasteiger partial charge in [0.2, 0.25) is 11.8 Å². The molecule has 0 saturated heterocycles. The number of imidazole rings is 1.